The number of carbonyl (C=O) groups is 1. The third-order valence-corrected chi connectivity index (χ3v) is 4.97. The number of aromatic nitrogens is 1. The highest BCUT2D eigenvalue weighted by atomic mass is 32.1. The van der Waals surface area contributed by atoms with Crippen LogP contribution < -0.4 is 11.1 Å². The minimum absolute atomic E-state index is 0.0765. The molecule has 5 nitrogen and oxygen atoms in total. The van der Waals surface area contributed by atoms with E-state index in [9.17, 15) is 4.79 Å². The fraction of sp³-hybridized carbons (Fsp3) is 0.733. The molecule has 2 rings (SSSR count). The van der Waals surface area contributed by atoms with Crippen LogP contribution in [-0.2, 0) is 0 Å². The van der Waals surface area contributed by atoms with Crippen molar-refractivity contribution in [3.63, 3.8) is 0 Å². The maximum Gasteiger partial charge on any atom is 0.270 e. The number of hydrogen-bond acceptors (Lipinski definition) is 5. The summed E-state index contributed by atoms with van der Waals surface area (Å²) in [5.74, 6) is -0.0765. The Morgan fingerprint density at radius 1 is 1.48 bits per heavy atom. The number of thiazole rings is 1. The third-order valence-electron chi connectivity index (χ3n) is 3.92. The zero-order valence-corrected chi connectivity index (χ0v) is 14.2. The van der Waals surface area contributed by atoms with Crippen molar-refractivity contribution in [2.45, 2.75) is 58.2 Å². The van der Waals surface area contributed by atoms with E-state index in [-0.39, 0.29) is 23.5 Å². The first-order chi connectivity index (χ1) is 9.77. The lowest BCUT2D eigenvalue weighted by Gasteiger charge is -2.40. The Morgan fingerprint density at radius 3 is 2.57 bits per heavy atom. The molecule has 0 bridgehead atoms. The van der Waals surface area contributed by atoms with Crippen molar-refractivity contribution in [3.8, 4) is 0 Å². The number of hydrogen-bond donors (Lipinski definition) is 2. The van der Waals surface area contributed by atoms with Gasteiger partial charge in [-0.3, -0.25) is 9.69 Å². The van der Waals surface area contributed by atoms with Gasteiger partial charge in [-0.2, -0.15) is 0 Å². The average molecular weight is 310 g/mol. The molecule has 0 aromatic carbocycles. The Hall–Kier alpha value is -0.980. The van der Waals surface area contributed by atoms with Crippen LogP contribution in [0.15, 0.2) is 5.38 Å². The summed E-state index contributed by atoms with van der Waals surface area (Å²) in [6.45, 7) is 10.6. The van der Waals surface area contributed by atoms with Gasteiger partial charge in [-0.15, -0.1) is 11.3 Å². The van der Waals surface area contributed by atoms with Crippen LogP contribution in [0.3, 0.4) is 0 Å². The fourth-order valence-corrected chi connectivity index (χ4v) is 3.31. The van der Waals surface area contributed by atoms with Gasteiger partial charge < -0.3 is 11.1 Å². The molecule has 0 spiro atoms. The molecule has 1 aliphatic rings. The summed E-state index contributed by atoms with van der Waals surface area (Å²) >= 11 is 1.45. The van der Waals surface area contributed by atoms with E-state index < -0.39 is 0 Å². The van der Waals surface area contributed by atoms with E-state index in [2.05, 4.69) is 36.0 Å². The second-order valence-electron chi connectivity index (χ2n) is 6.77. The molecule has 1 aromatic rings. The molecule has 1 atom stereocenters. The van der Waals surface area contributed by atoms with Crippen LogP contribution in [0.4, 0.5) is 0 Å². The van der Waals surface area contributed by atoms with Crippen molar-refractivity contribution >= 4 is 17.2 Å². The lowest BCUT2D eigenvalue weighted by molar-refractivity contribution is 0.0809. The first-order valence-electron chi connectivity index (χ1n) is 7.54. The number of amides is 1. The molecule has 21 heavy (non-hydrogen) atoms. The average Bonchev–Trinajstić information content (AvgIpc) is 2.88. The van der Waals surface area contributed by atoms with Gasteiger partial charge >= 0.3 is 0 Å². The van der Waals surface area contributed by atoms with E-state index in [1.54, 1.807) is 5.38 Å². The van der Waals surface area contributed by atoms with Crippen molar-refractivity contribution in [1.82, 2.24) is 15.2 Å². The quantitative estimate of drug-likeness (QED) is 0.897. The number of nitrogens with zero attached hydrogens (tertiary/aromatic N) is 2. The lowest BCUT2D eigenvalue weighted by atomic mass is 9.98. The molecule has 0 radical (unpaired) electrons. The van der Waals surface area contributed by atoms with Crippen molar-refractivity contribution in [3.05, 3.63) is 16.1 Å². The molecule has 118 valence electrons. The van der Waals surface area contributed by atoms with Crippen LogP contribution in [-0.4, -0.2) is 40.5 Å². The first kappa shape index (κ1) is 16.4. The summed E-state index contributed by atoms with van der Waals surface area (Å²) < 4.78 is 0. The van der Waals surface area contributed by atoms with Gasteiger partial charge in [0.2, 0.25) is 0 Å². The minimum Gasteiger partial charge on any atom is -0.348 e. The van der Waals surface area contributed by atoms with E-state index in [1.165, 1.54) is 11.3 Å². The van der Waals surface area contributed by atoms with Gasteiger partial charge in [-0.05, 0) is 40.5 Å². The summed E-state index contributed by atoms with van der Waals surface area (Å²) in [7, 11) is 0. The zero-order chi connectivity index (χ0) is 15.6. The van der Waals surface area contributed by atoms with E-state index in [1.807, 2.05) is 6.92 Å². The number of rotatable bonds is 3. The zero-order valence-electron chi connectivity index (χ0n) is 13.3. The topological polar surface area (TPSA) is 71.2 Å². The first-order valence-corrected chi connectivity index (χ1v) is 8.42. The Balaban J connectivity index is 1.87. The van der Waals surface area contributed by atoms with Gasteiger partial charge in [0, 0.05) is 30.1 Å². The Kier molecular flexibility index (Phi) is 5.01. The second kappa shape index (κ2) is 6.42. The van der Waals surface area contributed by atoms with Crippen LogP contribution >= 0.6 is 11.3 Å². The van der Waals surface area contributed by atoms with E-state index in [0.29, 0.717) is 5.69 Å². The van der Waals surface area contributed by atoms with Gasteiger partial charge in [-0.25, -0.2) is 4.98 Å². The summed E-state index contributed by atoms with van der Waals surface area (Å²) in [6, 6.07) is 0.128. The van der Waals surface area contributed by atoms with Crippen LogP contribution in [0.2, 0.25) is 0 Å². The van der Waals surface area contributed by atoms with Gasteiger partial charge in [0.15, 0.2) is 0 Å². The maximum atomic E-state index is 12.2. The number of nitrogens with two attached hydrogens (primary N) is 1. The highest BCUT2D eigenvalue weighted by molar-refractivity contribution is 7.09. The highest BCUT2D eigenvalue weighted by Crippen LogP contribution is 2.21. The monoisotopic (exact) mass is 310 g/mol. The minimum atomic E-state index is -0.119. The summed E-state index contributed by atoms with van der Waals surface area (Å²) in [4.78, 5) is 19.0. The predicted molar refractivity (Wildman–Crippen MR) is 86.5 cm³/mol. The van der Waals surface area contributed by atoms with Crippen LogP contribution in [0.25, 0.3) is 0 Å². The maximum absolute atomic E-state index is 12.2. The van der Waals surface area contributed by atoms with E-state index in [0.717, 1.165) is 30.9 Å². The van der Waals surface area contributed by atoms with Crippen molar-refractivity contribution in [2.75, 3.05) is 13.1 Å². The molecule has 3 N–H and O–H groups in total. The molecule has 1 fully saturated rings. The van der Waals surface area contributed by atoms with Crippen LogP contribution in [0.5, 0.6) is 0 Å². The number of likely N-dealkylation sites (tertiary alicyclic amines) is 1. The van der Waals surface area contributed by atoms with E-state index >= 15 is 0 Å². The van der Waals surface area contributed by atoms with Crippen molar-refractivity contribution in [1.29, 1.82) is 0 Å². The molecule has 1 amide bonds. The molecule has 1 aliphatic heterocycles. The van der Waals surface area contributed by atoms with Crippen molar-refractivity contribution < 1.29 is 4.79 Å². The summed E-state index contributed by atoms with van der Waals surface area (Å²) in [5, 5.41) is 5.70. The summed E-state index contributed by atoms with van der Waals surface area (Å²) in [5.41, 5.74) is 6.47. The van der Waals surface area contributed by atoms with Crippen molar-refractivity contribution in [2.24, 2.45) is 5.73 Å². The van der Waals surface area contributed by atoms with E-state index in [4.69, 9.17) is 5.73 Å². The Morgan fingerprint density at radius 2 is 2.10 bits per heavy atom. The SMILES string of the molecule is CC(N)c1nc(C(=O)NC2CCN(C(C)(C)C)CC2)cs1. The second-order valence-corrected chi connectivity index (χ2v) is 7.65. The molecular formula is C15H26N4OS. The largest absolute Gasteiger partial charge is 0.348 e. The predicted octanol–water partition coefficient (Wildman–Crippen LogP) is 2.16. The Labute approximate surface area is 130 Å². The smallest absolute Gasteiger partial charge is 0.270 e. The molecule has 1 saturated heterocycles. The number of piperidine rings is 1. The van der Waals surface area contributed by atoms with Crippen LogP contribution in [0, 0.1) is 0 Å². The fourth-order valence-electron chi connectivity index (χ4n) is 2.56. The Bertz CT molecular complexity index is 484. The molecule has 1 unspecified atom stereocenters. The molecule has 0 saturated carbocycles. The molecular weight excluding hydrogens is 284 g/mol. The lowest BCUT2D eigenvalue weighted by Crippen LogP contribution is -2.50. The normalized spacial score (nSPS) is 19.5. The van der Waals surface area contributed by atoms with Crippen LogP contribution in [0.1, 0.15) is 62.1 Å². The van der Waals surface area contributed by atoms with Gasteiger partial charge in [0.1, 0.15) is 10.7 Å². The van der Waals surface area contributed by atoms with Gasteiger partial charge in [-0.1, -0.05) is 0 Å². The molecule has 6 heteroatoms. The standard InChI is InChI=1S/C15H26N4OS/c1-10(16)14-18-12(9-21-14)13(20)17-11-5-7-19(8-6-11)15(2,3)4/h9-11H,5-8,16H2,1-4H3,(H,17,20). The summed E-state index contributed by atoms with van der Waals surface area (Å²) in [6.07, 6.45) is 1.99. The molecule has 0 aliphatic carbocycles. The number of nitrogens with one attached hydrogen (secondary N) is 1. The third kappa shape index (κ3) is 4.25. The van der Waals surface area contributed by atoms with Gasteiger partial charge in [0.25, 0.3) is 5.91 Å². The molecule has 2 heterocycles. The number of carbonyl (C=O) groups excluding carboxylic acids is 1. The molecule has 1 aromatic heterocycles. The highest BCUT2D eigenvalue weighted by Gasteiger charge is 2.28. The van der Waals surface area contributed by atoms with Gasteiger partial charge in [0.05, 0.1) is 6.04 Å².